The standard InChI is InChI=1S/C12H12ClIN2S/c1-3-17-12-10(14)15-11(16(12)2)8-4-6-9(13)7-5-8/h4-7H,3H2,1-2H3. The van der Waals surface area contributed by atoms with Gasteiger partial charge in [-0.1, -0.05) is 18.5 Å². The molecule has 0 radical (unpaired) electrons. The fraction of sp³-hybridized carbons (Fsp3) is 0.250. The lowest BCUT2D eigenvalue weighted by Gasteiger charge is -2.04. The van der Waals surface area contributed by atoms with Crippen LogP contribution in [0.5, 0.6) is 0 Å². The van der Waals surface area contributed by atoms with Crippen molar-refractivity contribution < 1.29 is 0 Å². The SMILES string of the molecule is CCSc1c(I)nc(-c2ccc(Cl)cc2)n1C. The van der Waals surface area contributed by atoms with Crippen LogP contribution in [-0.4, -0.2) is 15.3 Å². The zero-order valence-electron chi connectivity index (χ0n) is 9.58. The minimum absolute atomic E-state index is 0.751. The Morgan fingerprint density at radius 3 is 2.59 bits per heavy atom. The molecule has 0 saturated carbocycles. The van der Waals surface area contributed by atoms with Crippen LogP contribution in [0.3, 0.4) is 0 Å². The second-order valence-corrected chi connectivity index (χ2v) is 6.24. The first-order valence-electron chi connectivity index (χ1n) is 5.24. The van der Waals surface area contributed by atoms with E-state index < -0.39 is 0 Å². The van der Waals surface area contributed by atoms with Gasteiger partial charge in [-0.3, -0.25) is 0 Å². The van der Waals surface area contributed by atoms with Crippen molar-refractivity contribution in [3.63, 3.8) is 0 Å². The lowest BCUT2D eigenvalue weighted by Crippen LogP contribution is -1.94. The van der Waals surface area contributed by atoms with E-state index in [0.717, 1.165) is 25.9 Å². The highest BCUT2D eigenvalue weighted by Crippen LogP contribution is 2.29. The summed E-state index contributed by atoms with van der Waals surface area (Å²) in [6.45, 7) is 2.15. The van der Waals surface area contributed by atoms with Crippen LogP contribution in [0.4, 0.5) is 0 Å². The largest absolute Gasteiger partial charge is 0.321 e. The number of imidazole rings is 1. The first kappa shape index (κ1) is 13.2. The predicted octanol–water partition coefficient (Wildman–Crippen LogP) is 4.46. The van der Waals surface area contributed by atoms with Gasteiger partial charge >= 0.3 is 0 Å². The number of hydrogen-bond donors (Lipinski definition) is 0. The van der Waals surface area contributed by atoms with E-state index in [-0.39, 0.29) is 0 Å². The van der Waals surface area contributed by atoms with Crippen LogP contribution in [-0.2, 0) is 7.05 Å². The fourth-order valence-electron chi connectivity index (χ4n) is 1.60. The van der Waals surface area contributed by atoms with E-state index >= 15 is 0 Å². The molecule has 5 heteroatoms. The summed E-state index contributed by atoms with van der Waals surface area (Å²) in [4.78, 5) is 4.61. The average Bonchev–Trinajstić information content (AvgIpc) is 2.59. The molecule has 0 amide bonds. The van der Waals surface area contributed by atoms with Crippen molar-refractivity contribution in [1.82, 2.24) is 9.55 Å². The summed E-state index contributed by atoms with van der Waals surface area (Å²) in [6, 6.07) is 7.79. The van der Waals surface area contributed by atoms with Crippen molar-refractivity contribution in [3.8, 4) is 11.4 Å². The summed E-state index contributed by atoms with van der Waals surface area (Å²) in [7, 11) is 2.05. The second kappa shape index (κ2) is 5.63. The minimum atomic E-state index is 0.751. The lowest BCUT2D eigenvalue weighted by atomic mass is 10.2. The molecular formula is C12H12ClIN2S. The van der Waals surface area contributed by atoms with Gasteiger partial charge in [0, 0.05) is 17.6 Å². The quantitative estimate of drug-likeness (QED) is 0.580. The lowest BCUT2D eigenvalue weighted by molar-refractivity contribution is 0.830. The van der Waals surface area contributed by atoms with Gasteiger partial charge in [-0.15, -0.1) is 11.8 Å². The maximum absolute atomic E-state index is 5.89. The van der Waals surface area contributed by atoms with E-state index in [2.05, 4.69) is 46.1 Å². The third-order valence-electron chi connectivity index (χ3n) is 2.39. The Morgan fingerprint density at radius 2 is 2.00 bits per heavy atom. The predicted molar refractivity (Wildman–Crippen MR) is 82.8 cm³/mol. The Hall–Kier alpha value is -0.200. The number of benzene rings is 1. The molecule has 2 nitrogen and oxygen atoms in total. The first-order chi connectivity index (χ1) is 8.13. The van der Waals surface area contributed by atoms with E-state index in [1.165, 1.54) is 5.03 Å². The molecule has 0 bridgehead atoms. The zero-order valence-corrected chi connectivity index (χ0v) is 13.3. The van der Waals surface area contributed by atoms with Gasteiger partial charge in [0.05, 0.1) is 0 Å². The van der Waals surface area contributed by atoms with Gasteiger partial charge in [-0.05, 0) is 52.6 Å². The van der Waals surface area contributed by atoms with Crippen LogP contribution in [0.1, 0.15) is 6.92 Å². The molecule has 0 unspecified atom stereocenters. The fourth-order valence-corrected chi connectivity index (χ4v) is 3.50. The van der Waals surface area contributed by atoms with Crippen molar-refractivity contribution in [2.45, 2.75) is 11.9 Å². The highest BCUT2D eigenvalue weighted by Gasteiger charge is 2.13. The molecule has 0 aliphatic heterocycles. The van der Waals surface area contributed by atoms with Crippen molar-refractivity contribution in [1.29, 1.82) is 0 Å². The van der Waals surface area contributed by atoms with E-state index in [1.807, 2.05) is 36.0 Å². The van der Waals surface area contributed by atoms with E-state index in [9.17, 15) is 0 Å². The molecule has 0 aliphatic rings. The Kier molecular flexibility index (Phi) is 4.38. The van der Waals surface area contributed by atoms with Gasteiger partial charge < -0.3 is 4.57 Å². The van der Waals surface area contributed by atoms with Crippen molar-refractivity contribution >= 4 is 46.0 Å². The summed E-state index contributed by atoms with van der Waals surface area (Å²) >= 11 is 9.99. The van der Waals surface area contributed by atoms with Crippen LogP contribution in [0.25, 0.3) is 11.4 Å². The third kappa shape index (κ3) is 2.80. The monoisotopic (exact) mass is 378 g/mol. The first-order valence-corrected chi connectivity index (χ1v) is 7.68. The molecule has 1 aromatic carbocycles. The number of aromatic nitrogens is 2. The molecule has 0 spiro atoms. The summed E-state index contributed by atoms with van der Waals surface area (Å²) in [6.07, 6.45) is 0. The van der Waals surface area contributed by atoms with Crippen molar-refractivity contribution in [2.75, 3.05) is 5.75 Å². The highest BCUT2D eigenvalue weighted by atomic mass is 127. The Morgan fingerprint density at radius 1 is 1.35 bits per heavy atom. The average molecular weight is 379 g/mol. The topological polar surface area (TPSA) is 17.8 Å². The molecule has 17 heavy (non-hydrogen) atoms. The molecule has 2 aromatic rings. The Bertz CT molecular complexity index is 522. The summed E-state index contributed by atoms with van der Waals surface area (Å²) < 4.78 is 3.20. The molecule has 90 valence electrons. The van der Waals surface area contributed by atoms with Crippen molar-refractivity contribution in [2.24, 2.45) is 7.05 Å². The molecule has 0 atom stereocenters. The van der Waals surface area contributed by atoms with Gasteiger partial charge in [0.1, 0.15) is 14.6 Å². The molecular weight excluding hydrogens is 367 g/mol. The van der Waals surface area contributed by atoms with E-state index in [1.54, 1.807) is 0 Å². The molecule has 2 rings (SSSR count). The molecule has 0 N–H and O–H groups in total. The van der Waals surface area contributed by atoms with Gasteiger partial charge in [0.2, 0.25) is 0 Å². The second-order valence-electron chi connectivity index (χ2n) is 3.53. The number of rotatable bonds is 3. The summed E-state index contributed by atoms with van der Waals surface area (Å²) in [5, 5.41) is 1.97. The molecule has 0 aliphatic carbocycles. The van der Waals surface area contributed by atoms with Crippen LogP contribution >= 0.6 is 46.0 Å². The maximum Gasteiger partial charge on any atom is 0.141 e. The number of thioether (sulfide) groups is 1. The molecule has 1 aromatic heterocycles. The smallest absolute Gasteiger partial charge is 0.141 e. The van der Waals surface area contributed by atoms with Crippen LogP contribution < -0.4 is 0 Å². The Balaban J connectivity index is 2.46. The Labute approximate surface area is 124 Å². The van der Waals surface area contributed by atoms with Gasteiger partial charge in [0.15, 0.2) is 0 Å². The van der Waals surface area contributed by atoms with E-state index in [0.29, 0.717) is 0 Å². The highest BCUT2D eigenvalue weighted by molar-refractivity contribution is 14.1. The van der Waals surface area contributed by atoms with Gasteiger partial charge in [-0.2, -0.15) is 0 Å². The normalized spacial score (nSPS) is 10.8. The van der Waals surface area contributed by atoms with Crippen LogP contribution in [0.15, 0.2) is 29.3 Å². The third-order valence-corrected chi connectivity index (χ3v) is 4.79. The molecule has 0 saturated heterocycles. The van der Waals surface area contributed by atoms with Crippen molar-refractivity contribution in [3.05, 3.63) is 33.0 Å². The maximum atomic E-state index is 5.89. The molecule has 1 heterocycles. The number of halogens is 2. The minimum Gasteiger partial charge on any atom is -0.321 e. The van der Waals surface area contributed by atoms with Crippen LogP contribution in [0, 0.1) is 3.70 Å². The summed E-state index contributed by atoms with van der Waals surface area (Å²) in [5.41, 5.74) is 1.10. The van der Waals surface area contributed by atoms with Gasteiger partial charge in [0.25, 0.3) is 0 Å². The zero-order chi connectivity index (χ0) is 12.4. The van der Waals surface area contributed by atoms with E-state index in [4.69, 9.17) is 11.6 Å². The summed E-state index contributed by atoms with van der Waals surface area (Å²) in [5.74, 6) is 2.04. The number of hydrogen-bond acceptors (Lipinski definition) is 2. The number of nitrogens with zero attached hydrogens (tertiary/aromatic N) is 2. The van der Waals surface area contributed by atoms with Crippen LogP contribution in [0.2, 0.25) is 5.02 Å². The molecule has 0 fully saturated rings. The van der Waals surface area contributed by atoms with Gasteiger partial charge in [-0.25, -0.2) is 4.98 Å².